The van der Waals surface area contributed by atoms with Gasteiger partial charge < -0.3 is 10.2 Å². The minimum Gasteiger partial charge on any atom is -0.345 e. The molecule has 2 aliphatic rings. The second-order valence-corrected chi connectivity index (χ2v) is 7.02. The van der Waals surface area contributed by atoms with Crippen molar-refractivity contribution >= 4 is 29.1 Å². The van der Waals surface area contributed by atoms with E-state index in [2.05, 4.69) is 24.2 Å². The fourth-order valence-electron chi connectivity index (χ4n) is 3.37. The van der Waals surface area contributed by atoms with Gasteiger partial charge in [-0.3, -0.25) is 14.6 Å². The normalized spacial score (nSPS) is 25.1. The van der Waals surface area contributed by atoms with Gasteiger partial charge in [-0.2, -0.15) is 0 Å². The molecule has 0 aromatic heterocycles. The third-order valence-corrected chi connectivity index (χ3v) is 5.01. The maximum absolute atomic E-state index is 12.6. The number of carbonyl (C=O) groups is 2. The van der Waals surface area contributed by atoms with E-state index in [9.17, 15) is 9.59 Å². The van der Waals surface area contributed by atoms with Crippen molar-refractivity contribution in [1.29, 1.82) is 0 Å². The van der Waals surface area contributed by atoms with E-state index in [4.69, 9.17) is 12.2 Å². The maximum Gasteiger partial charge on any atom is 0.247 e. The Kier molecular flexibility index (Phi) is 6.35. The number of hydrogen-bond donors (Lipinski definition) is 1. The van der Waals surface area contributed by atoms with E-state index in [-0.39, 0.29) is 30.3 Å². The molecule has 1 N–H and O–H groups in total. The number of unbranched alkanes of at least 4 members (excludes halogenated alkanes) is 3. The van der Waals surface area contributed by atoms with Gasteiger partial charge in [0, 0.05) is 26.2 Å². The molecule has 2 atom stereocenters. The molecule has 0 aliphatic carbocycles. The Balaban J connectivity index is 1.86. The van der Waals surface area contributed by atoms with Crippen LogP contribution in [0.25, 0.3) is 0 Å². The lowest BCUT2D eigenvalue weighted by molar-refractivity contribution is -0.134. The maximum atomic E-state index is 12.6. The number of amides is 2. The molecule has 0 spiro atoms. The zero-order valence-corrected chi connectivity index (χ0v) is 15.2. The largest absolute Gasteiger partial charge is 0.345 e. The molecule has 2 heterocycles. The summed E-state index contributed by atoms with van der Waals surface area (Å²) in [6.45, 7) is 5.99. The first kappa shape index (κ1) is 18.1. The number of rotatable bonds is 7. The van der Waals surface area contributed by atoms with Gasteiger partial charge in [-0.25, -0.2) is 5.01 Å². The van der Waals surface area contributed by atoms with Crippen molar-refractivity contribution in [3.63, 3.8) is 0 Å². The van der Waals surface area contributed by atoms with Gasteiger partial charge in [-0.15, -0.1) is 0 Å². The van der Waals surface area contributed by atoms with Crippen LogP contribution in [0.4, 0.5) is 0 Å². The number of hydrazine groups is 1. The van der Waals surface area contributed by atoms with Crippen molar-refractivity contribution in [2.24, 2.45) is 5.92 Å². The number of hydrogen-bond acceptors (Lipinski definition) is 4. The summed E-state index contributed by atoms with van der Waals surface area (Å²) in [4.78, 5) is 26.0. The molecule has 2 amide bonds. The molecule has 2 rings (SSSR count). The van der Waals surface area contributed by atoms with Gasteiger partial charge in [0.05, 0.1) is 5.92 Å². The van der Waals surface area contributed by atoms with Gasteiger partial charge in [-0.1, -0.05) is 26.2 Å². The molecule has 2 fully saturated rings. The second-order valence-electron chi connectivity index (χ2n) is 6.64. The molecule has 2 saturated heterocycles. The highest BCUT2D eigenvalue weighted by atomic mass is 32.1. The van der Waals surface area contributed by atoms with Crippen molar-refractivity contribution in [1.82, 2.24) is 20.2 Å². The van der Waals surface area contributed by atoms with Gasteiger partial charge in [0.2, 0.25) is 11.8 Å². The molecule has 130 valence electrons. The van der Waals surface area contributed by atoms with Gasteiger partial charge in [-0.05, 0) is 32.0 Å². The van der Waals surface area contributed by atoms with Crippen molar-refractivity contribution in [3.8, 4) is 0 Å². The molecule has 2 unspecified atom stereocenters. The zero-order chi connectivity index (χ0) is 17.0. The number of carbonyl (C=O) groups excluding carboxylic acids is 2. The third kappa shape index (κ3) is 4.41. The minimum absolute atomic E-state index is 0.0142. The average Bonchev–Trinajstić information content (AvgIpc) is 3.04. The smallest absolute Gasteiger partial charge is 0.247 e. The number of nitrogens with one attached hydrogen (secondary N) is 1. The highest BCUT2D eigenvalue weighted by molar-refractivity contribution is 7.80. The molecular formula is C16H28N4O2S. The molecule has 6 nitrogen and oxygen atoms in total. The molecule has 2 aliphatic heterocycles. The summed E-state index contributed by atoms with van der Waals surface area (Å²) in [6.07, 6.45) is 5.48. The van der Waals surface area contributed by atoms with E-state index in [1.165, 1.54) is 19.3 Å². The SMILES string of the molecule is CCCCCCN(C)C(=O)C1CC(C)N(N2CC(=O)NC2=S)C1. The average molecular weight is 340 g/mol. The van der Waals surface area contributed by atoms with Crippen LogP contribution in [-0.4, -0.2) is 64.6 Å². The van der Waals surface area contributed by atoms with E-state index < -0.39 is 0 Å². The Hall–Kier alpha value is -1.21. The van der Waals surface area contributed by atoms with E-state index in [1.807, 2.05) is 11.9 Å². The second kappa shape index (κ2) is 8.06. The van der Waals surface area contributed by atoms with E-state index >= 15 is 0 Å². The molecule has 0 radical (unpaired) electrons. The lowest BCUT2D eigenvalue weighted by Crippen LogP contribution is -2.47. The summed E-state index contributed by atoms with van der Waals surface area (Å²) in [6, 6.07) is 0.211. The molecule has 0 saturated carbocycles. The molecule has 7 heteroatoms. The van der Waals surface area contributed by atoms with E-state index in [1.54, 1.807) is 5.01 Å². The zero-order valence-electron chi connectivity index (χ0n) is 14.4. The van der Waals surface area contributed by atoms with Crippen molar-refractivity contribution in [3.05, 3.63) is 0 Å². The van der Waals surface area contributed by atoms with Crippen LogP contribution in [0, 0.1) is 5.92 Å². The highest BCUT2D eigenvalue weighted by Gasteiger charge is 2.40. The van der Waals surface area contributed by atoms with Gasteiger partial charge in [0.1, 0.15) is 6.54 Å². The van der Waals surface area contributed by atoms with Crippen LogP contribution >= 0.6 is 12.2 Å². The monoisotopic (exact) mass is 340 g/mol. The molecule has 0 bridgehead atoms. The Labute approximate surface area is 144 Å². The standard InChI is InChI=1S/C16H28N4O2S/c1-4-5-6-7-8-18(3)15(22)13-9-12(2)19(10-13)20-11-14(21)17-16(20)23/h12-13H,4-11H2,1-3H3,(H,17,21,23). The minimum atomic E-state index is -0.0787. The number of thiocarbonyl (C=S) groups is 1. The lowest BCUT2D eigenvalue weighted by atomic mass is 10.0. The first-order valence-corrected chi connectivity index (χ1v) is 8.97. The Morgan fingerprint density at radius 2 is 2.13 bits per heavy atom. The summed E-state index contributed by atoms with van der Waals surface area (Å²) in [7, 11) is 1.90. The van der Waals surface area contributed by atoms with Crippen LogP contribution in [-0.2, 0) is 9.59 Å². The van der Waals surface area contributed by atoms with Crippen LogP contribution in [0.3, 0.4) is 0 Å². The molecule has 0 aromatic rings. The summed E-state index contributed by atoms with van der Waals surface area (Å²) < 4.78 is 0. The van der Waals surface area contributed by atoms with Gasteiger partial charge in [0.15, 0.2) is 5.11 Å². The van der Waals surface area contributed by atoms with Crippen LogP contribution in [0.5, 0.6) is 0 Å². The summed E-state index contributed by atoms with van der Waals surface area (Å²) >= 11 is 5.20. The van der Waals surface area contributed by atoms with E-state index in [0.717, 1.165) is 19.4 Å². The van der Waals surface area contributed by atoms with Crippen molar-refractivity contribution < 1.29 is 9.59 Å². The predicted octanol–water partition coefficient (Wildman–Crippen LogP) is 1.37. The summed E-state index contributed by atoms with van der Waals surface area (Å²) in [5.74, 6) is 0.116. The molecule has 0 aromatic carbocycles. The Morgan fingerprint density at radius 3 is 2.74 bits per heavy atom. The molecule has 23 heavy (non-hydrogen) atoms. The summed E-state index contributed by atoms with van der Waals surface area (Å²) in [5.41, 5.74) is 0. The van der Waals surface area contributed by atoms with Gasteiger partial charge in [0.25, 0.3) is 0 Å². The van der Waals surface area contributed by atoms with Crippen LogP contribution in [0.15, 0.2) is 0 Å². The fraction of sp³-hybridized carbons (Fsp3) is 0.812. The quantitative estimate of drug-likeness (QED) is 0.560. The number of nitrogens with zero attached hydrogens (tertiary/aromatic N) is 3. The van der Waals surface area contributed by atoms with Gasteiger partial charge >= 0.3 is 0 Å². The van der Waals surface area contributed by atoms with Crippen LogP contribution < -0.4 is 5.32 Å². The summed E-state index contributed by atoms with van der Waals surface area (Å²) in [5, 5.41) is 6.97. The topological polar surface area (TPSA) is 55.9 Å². The van der Waals surface area contributed by atoms with Crippen LogP contribution in [0.1, 0.15) is 46.0 Å². The predicted molar refractivity (Wildman–Crippen MR) is 93.5 cm³/mol. The first-order chi connectivity index (χ1) is 10.9. The Bertz CT molecular complexity index is 471. The lowest BCUT2D eigenvalue weighted by Gasteiger charge is -2.31. The van der Waals surface area contributed by atoms with Crippen molar-refractivity contribution in [2.45, 2.75) is 52.0 Å². The highest BCUT2D eigenvalue weighted by Crippen LogP contribution is 2.27. The van der Waals surface area contributed by atoms with E-state index in [0.29, 0.717) is 11.7 Å². The third-order valence-electron chi connectivity index (χ3n) is 4.70. The van der Waals surface area contributed by atoms with Crippen LogP contribution in [0.2, 0.25) is 0 Å². The van der Waals surface area contributed by atoms with Crippen molar-refractivity contribution in [2.75, 3.05) is 26.7 Å². The fourth-order valence-corrected chi connectivity index (χ4v) is 3.65. The first-order valence-electron chi connectivity index (χ1n) is 8.57. The molecular weight excluding hydrogens is 312 g/mol. The Morgan fingerprint density at radius 1 is 1.39 bits per heavy atom.